The normalized spacial score (nSPS) is 10.2. The standard InChI is InChI=1S/C15H10N4O/c1-2-11-15(16)19-14(12-4-3-9-20-12)13(18-11)10-5-7-17-8-6-10/h1,3-9H,(H2,16,19). The Hall–Kier alpha value is -3.13. The Labute approximate surface area is 115 Å². The number of hydrogen-bond acceptors (Lipinski definition) is 5. The lowest BCUT2D eigenvalue weighted by molar-refractivity contribution is 0.580. The highest BCUT2D eigenvalue weighted by Gasteiger charge is 2.16. The minimum atomic E-state index is 0.205. The fraction of sp³-hybridized carbons (Fsp3) is 0. The van der Waals surface area contributed by atoms with Crippen molar-refractivity contribution in [3.8, 4) is 35.1 Å². The molecule has 3 rings (SSSR count). The molecule has 0 aliphatic heterocycles. The molecule has 5 heteroatoms. The molecule has 0 spiro atoms. The second-order valence-corrected chi connectivity index (χ2v) is 4.01. The van der Waals surface area contributed by atoms with Gasteiger partial charge in [0.2, 0.25) is 0 Å². The molecular weight excluding hydrogens is 252 g/mol. The van der Waals surface area contributed by atoms with Gasteiger partial charge in [0.15, 0.2) is 17.3 Å². The SMILES string of the molecule is C#Cc1nc(-c2ccncc2)c(-c2ccco2)nc1N. The van der Waals surface area contributed by atoms with E-state index in [4.69, 9.17) is 16.6 Å². The average Bonchev–Trinajstić information content (AvgIpc) is 3.02. The molecule has 0 aliphatic rings. The van der Waals surface area contributed by atoms with Crippen LogP contribution in [0.2, 0.25) is 0 Å². The van der Waals surface area contributed by atoms with Crippen LogP contribution >= 0.6 is 0 Å². The summed E-state index contributed by atoms with van der Waals surface area (Å²) in [6, 6.07) is 7.22. The average molecular weight is 262 g/mol. The molecule has 3 aromatic heterocycles. The van der Waals surface area contributed by atoms with E-state index >= 15 is 0 Å². The molecule has 0 unspecified atom stereocenters. The van der Waals surface area contributed by atoms with Gasteiger partial charge in [-0.1, -0.05) is 0 Å². The number of hydrogen-bond donors (Lipinski definition) is 1. The Morgan fingerprint density at radius 1 is 1.10 bits per heavy atom. The van der Waals surface area contributed by atoms with Crippen molar-refractivity contribution in [1.29, 1.82) is 0 Å². The lowest BCUT2D eigenvalue weighted by Crippen LogP contribution is -2.02. The molecule has 3 aromatic rings. The van der Waals surface area contributed by atoms with Gasteiger partial charge in [-0.2, -0.15) is 0 Å². The summed E-state index contributed by atoms with van der Waals surface area (Å²) in [5, 5.41) is 0. The molecule has 20 heavy (non-hydrogen) atoms. The van der Waals surface area contributed by atoms with Gasteiger partial charge in [-0.05, 0) is 30.2 Å². The second kappa shape index (κ2) is 4.86. The van der Waals surface area contributed by atoms with Crippen LogP contribution in [-0.2, 0) is 0 Å². The Balaban J connectivity index is 2.29. The summed E-state index contributed by atoms with van der Waals surface area (Å²) in [4.78, 5) is 12.7. The highest BCUT2D eigenvalue weighted by molar-refractivity contribution is 5.77. The molecule has 0 aliphatic carbocycles. The van der Waals surface area contributed by atoms with E-state index in [2.05, 4.69) is 20.9 Å². The van der Waals surface area contributed by atoms with Gasteiger partial charge in [-0.3, -0.25) is 4.98 Å². The summed E-state index contributed by atoms with van der Waals surface area (Å²) >= 11 is 0. The molecule has 0 bridgehead atoms. The van der Waals surface area contributed by atoms with Crippen molar-refractivity contribution in [3.05, 3.63) is 48.6 Å². The zero-order valence-corrected chi connectivity index (χ0v) is 10.4. The van der Waals surface area contributed by atoms with Gasteiger partial charge >= 0.3 is 0 Å². The van der Waals surface area contributed by atoms with Crippen molar-refractivity contribution in [2.45, 2.75) is 0 Å². The first kappa shape index (κ1) is 11.9. The number of rotatable bonds is 2. The molecule has 3 heterocycles. The maximum atomic E-state index is 5.81. The van der Waals surface area contributed by atoms with Crippen molar-refractivity contribution < 1.29 is 4.42 Å². The Morgan fingerprint density at radius 3 is 2.55 bits per heavy atom. The van der Waals surface area contributed by atoms with E-state index in [1.807, 2.05) is 12.1 Å². The number of furan rings is 1. The summed E-state index contributed by atoms with van der Waals surface area (Å²) in [6.07, 6.45) is 10.3. The molecule has 0 fully saturated rings. The van der Waals surface area contributed by atoms with Crippen LogP contribution in [0.3, 0.4) is 0 Å². The zero-order valence-electron chi connectivity index (χ0n) is 10.4. The van der Waals surface area contributed by atoms with E-state index < -0.39 is 0 Å². The molecule has 0 saturated carbocycles. The highest BCUT2D eigenvalue weighted by Crippen LogP contribution is 2.30. The number of nitrogens with two attached hydrogens (primary N) is 1. The number of pyridine rings is 1. The summed E-state index contributed by atoms with van der Waals surface area (Å²) in [6.45, 7) is 0. The van der Waals surface area contributed by atoms with Gasteiger partial charge in [-0.15, -0.1) is 6.42 Å². The third kappa shape index (κ3) is 1.99. The lowest BCUT2D eigenvalue weighted by Gasteiger charge is -2.08. The first-order chi connectivity index (χ1) is 9.79. The Kier molecular flexibility index (Phi) is 2.90. The van der Waals surface area contributed by atoms with Crippen molar-refractivity contribution in [3.63, 3.8) is 0 Å². The van der Waals surface area contributed by atoms with E-state index in [-0.39, 0.29) is 5.82 Å². The van der Waals surface area contributed by atoms with E-state index in [9.17, 15) is 0 Å². The lowest BCUT2D eigenvalue weighted by atomic mass is 10.1. The van der Waals surface area contributed by atoms with E-state index in [1.54, 1.807) is 30.8 Å². The predicted octanol–water partition coefficient (Wildman–Crippen LogP) is 2.36. The quantitative estimate of drug-likeness (QED) is 0.717. The van der Waals surface area contributed by atoms with Crippen LogP contribution in [0.25, 0.3) is 22.7 Å². The van der Waals surface area contributed by atoms with Crippen LogP contribution in [0, 0.1) is 12.3 Å². The summed E-state index contributed by atoms with van der Waals surface area (Å²) < 4.78 is 5.38. The van der Waals surface area contributed by atoms with Gasteiger partial charge in [0, 0.05) is 18.0 Å². The maximum absolute atomic E-state index is 5.81. The third-order valence-corrected chi connectivity index (χ3v) is 2.77. The number of anilines is 1. The molecule has 0 saturated heterocycles. The number of nitrogens with zero attached hydrogens (tertiary/aromatic N) is 3. The summed E-state index contributed by atoms with van der Waals surface area (Å²) in [5.74, 6) is 3.22. The molecular formula is C15H10N4O. The van der Waals surface area contributed by atoms with Crippen LogP contribution in [0.1, 0.15) is 5.69 Å². The fourth-order valence-corrected chi connectivity index (χ4v) is 1.85. The smallest absolute Gasteiger partial charge is 0.159 e. The van der Waals surface area contributed by atoms with Crippen molar-refractivity contribution in [2.24, 2.45) is 0 Å². The number of aromatic nitrogens is 3. The largest absolute Gasteiger partial charge is 0.463 e. The van der Waals surface area contributed by atoms with Gasteiger partial charge in [0.05, 0.1) is 6.26 Å². The fourth-order valence-electron chi connectivity index (χ4n) is 1.85. The Bertz CT molecular complexity index is 774. The predicted molar refractivity (Wildman–Crippen MR) is 75.3 cm³/mol. The maximum Gasteiger partial charge on any atom is 0.159 e. The van der Waals surface area contributed by atoms with Crippen LogP contribution in [0.5, 0.6) is 0 Å². The van der Waals surface area contributed by atoms with E-state index in [0.29, 0.717) is 22.8 Å². The monoisotopic (exact) mass is 262 g/mol. The van der Waals surface area contributed by atoms with Gasteiger partial charge < -0.3 is 10.2 Å². The van der Waals surface area contributed by atoms with Crippen molar-refractivity contribution in [1.82, 2.24) is 15.0 Å². The topological polar surface area (TPSA) is 77.8 Å². The van der Waals surface area contributed by atoms with Crippen molar-refractivity contribution in [2.75, 3.05) is 5.73 Å². The Morgan fingerprint density at radius 2 is 1.90 bits per heavy atom. The number of terminal acetylenes is 1. The second-order valence-electron chi connectivity index (χ2n) is 4.01. The van der Waals surface area contributed by atoms with Gasteiger partial charge in [-0.25, -0.2) is 9.97 Å². The van der Waals surface area contributed by atoms with Crippen LogP contribution in [-0.4, -0.2) is 15.0 Å². The van der Waals surface area contributed by atoms with Crippen LogP contribution in [0.4, 0.5) is 5.82 Å². The van der Waals surface area contributed by atoms with E-state index in [1.165, 1.54) is 0 Å². The first-order valence-corrected chi connectivity index (χ1v) is 5.88. The van der Waals surface area contributed by atoms with Gasteiger partial charge in [0.25, 0.3) is 0 Å². The highest BCUT2D eigenvalue weighted by atomic mass is 16.3. The van der Waals surface area contributed by atoms with Crippen molar-refractivity contribution >= 4 is 5.82 Å². The van der Waals surface area contributed by atoms with E-state index in [0.717, 1.165) is 5.56 Å². The molecule has 5 nitrogen and oxygen atoms in total. The minimum Gasteiger partial charge on any atom is -0.463 e. The molecule has 2 N–H and O–H groups in total. The zero-order chi connectivity index (χ0) is 13.9. The summed E-state index contributed by atoms with van der Waals surface area (Å²) in [7, 11) is 0. The molecule has 0 amide bonds. The van der Waals surface area contributed by atoms with Gasteiger partial charge in [0.1, 0.15) is 11.4 Å². The molecule has 0 aromatic carbocycles. The minimum absolute atomic E-state index is 0.205. The molecule has 0 atom stereocenters. The van der Waals surface area contributed by atoms with Crippen LogP contribution < -0.4 is 5.73 Å². The third-order valence-electron chi connectivity index (χ3n) is 2.77. The molecule has 96 valence electrons. The molecule has 0 radical (unpaired) electrons. The number of nitrogen functional groups attached to an aromatic ring is 1. The van der Waals surface area contributed by atoms with Crippen LogP contribution in [0.15, 0.2) is 47.3 Å². The first-order valence-electron chi connectivity index (χ1n) is 5.88. The summed E-state index contributed by atoms with van der Waals surface area (Å²) in [5.41, 5.74) is 8.14.